The quantitative estimate of drug-likeness (QED) is 0.0504. The Labute approximate surface area is 322 Å². The molecular weight excluding hydrogens is 653 g/mol. The number of unbranched alkanes of at least 4 members (excludes halogenated alkanes) is 13. The van der Waals surface area contributed by atoms with E-state index in [0.29, 0.717) is 5.92 Å². The van der Waals surface area contributed by atoms with Crippen molar-refractivity contribution in [2.45, 2.75) is 116 Å². The molecule has 274 valence electrons. The van der Waals surface area contributed by atoms with Crippen molar-refractivity contribution in [1.82, 2.24) is 9.97 Å². The number of benzene rings is 6. The third kappa shape index (κ3) is 8.00. The highest BCUT2D eigenvalue weighted by atomic mass is 14.7. The van der Waals surface area contributed by atoms with Gasteiger partial charge in [-0.1, -0.05) is 200 Å². The minimum Gasteiger partial charge on any atom is -0.247 e. The van der Waals surface area contributed by atoms with E-state index >= 15 is 0 Å². The SMILES string of the molecule is CC(CCCCCCCCCCCCCCCCc1c2ccccc2nc2c1ccc1ccccc12)c1c2ccccc2nc2c1ccc1ccccc12. The third-order valence-electron chi connectivity index (χ3n) is 12.1. The molecule has 1 atom stereocenters. The molecule has 0 aliphatic heterocycles. The lowest BCUT2D eigenvalue weighted by molar-refractivity contribution is 0.524. The average Bonchev–Trinajstić information content (AvgIpc) is 3.22. The number of fused-ring (bicyclic) bond motifs is 8. The fourth-order valence-corrected chi connectivity index (χ4v) is 9.19. The van der Waals surface area contributed by atoms with Crippen molar-refractivity contribution in [2.75, 3.05) is 0 Å². The zero-order valence-electron chi connectivity index (χ0n) is 32.3. The standard InChI is InChI=1S/C52H56N2/c1-38(50-46-31-21-23-33-49(46)54-52-42-28-19-17-26-40(42)35-37-47(50)52)24-14-12-10-8-6-4-2-3-5-7-9-11-13-15-29-43-44-30-20-22-32-48(44)53-51-41-27-18-16-25-39(41)34-36-45(43)51/h16-23,25-28,30-38H,2-15,24,29H2,1H3. The van der Waals surface area contributed by atoms with Gasteiger partial charge >= 0.3 is 0 Å². The zero-order chi connectivity index (χ0) is 36.5. The first-order valence-corrected chi connectivity index (χ1v) is 21.2. The monoisotopic (exact) mass is 708 g/mol. The molecule has 2 heterocycles. The van der Waals surface area contributed by atoms with Crippen molar-refractivity contribution in [3.05, 3.63) is 132 Å². The van der Waals surface area contributed by atoms with Crippen LogP contribution in [0.4, 0.5) is 0 Å². The number of hydrogen-bond acceptors (Lipinski definition) is 2. The smallest absolute Gasteiger partial charge is 0.0790 e. The van der Waals surface area contributed by atoms with Crippen LogP contribution in [0.2, 0.25) is 0 Å². The number of para-hydroxylation sites is 2. The topological polar surface area (TPSA) is 25.8 Å². The van der Waals surface area contributed by atoms with Gasteiger partial charge in [0.15, 0.2) is 0 Å². The van der Waals surface area contributed by atoms with Crippen LogP contribution in [0, 0.1) is 0 Å². The van der Waals surface area contributed by atoms with Crippen LogP contribution in [0.1, 0.15) is 120 Å². The van der Waals surface area contributed by atoms with Gasteiger partial charge in [0, 0.05) is 32.3 Å². The lowest BCUT2D eigenvalue weighted by atomic mass is 9.88. The van der Waals surface area contributed by atoms with Crippen LogP contribution in [0.15, 0.2) is 121 Å². The van der Waals surface area contributed by atoms with Gasteiger partial charge in [0.05, 0.1) is 22.1 Å². The first-order valence-electron chi connectivity index (χ1n) is 21.2. The van der Waals surface area contributed by atoms with Gasteiger partial charge in [-0.2, -0.15) is 0 Å². The van der Waals surface area contributed by atoms with Gasteiger partial charge < -0.3 is 0 Å². The summed E-state index contributed by atoms with van der Waals surface area (Å²) in [5, 5.41) is 10.4. The summed E-state index contributed by atoms with van der Waals surface area (Å²) in [5.74, 6) is 0.518. The van der Waals surface area contributed by atoms with E-state index in [2.05, 4.69) is 128 Å². The Bertz CT molecular complexity index is 2490. The van der Waals surface area contributed by atoms with Crippen molar-refractivity contribution >= 4 is 65.2 Å². The molecule has 8 aromatic rings. The fourth-order valence-electron chi connectivity index (χ4n) is 9.19. The van der Waals surface area contributed by atoms with E-state index in [1.165, 1.54) is 151 Å². The van der Waals surface area contributed by atoms with Gasteiger partial charge in [-0.05, 0) is 59.2 Å². The number of aromatic nitrogens is 2. The first-order chi connectivity index (χ1) is 26.8. The van der Waals surface area contributed by atoms with E-state index in [-0.39, 0.29) is 0 Å². The second kappa shape index (κ2) is 17.5. The minimum atomic E-state index is 0.518. The summed E-state index contributed by atoms with van der Waals surface area (Å²) >= 11 is 0. The molecule has 2 aromatic heterocycles. The summed E-state index contributed by atoms with van der Waals surface area (Å²) in [7, 11) is 0. The first kappa shape index (κ1) is 36.2. The Morgan fingerprint density at radius 3 is 1.39 bits per heavy atom. The number of aryl methyl sites for hydroxylation is 1. The molecule has 2 nitrogen and oxygen atoms in total. The second-order valence-corrected chi connectivity index (χ2v) is 15.9. The van der Waals surface area contributed by atoms with Gasteiger partial charge in [0.2, 0.25) is 0 Å². The van der Waals surface area contributed by atoms with Crippen LogP contribution in [-0.4, -0.2) is 9.97 Å². The average molecular weight is 709 g/mol. The Balaban J connectivity index is 0.709. The summed E-state index contributed by atoms with van der Waals surface area (Å²) < 4.78 is 0. The molecule has 0 saturated heterocycles. The molecular formula is C52H56N2. The molecule has 54 heavy (non-hydrogen) atoms. The van der Waals surface area contributed by atoms with Gasteiger partial charge in [-0.3, -0.25) is 0 Å². The van der Waals surface area contributed by atoms with Crippen LogP contribution in [0.5, 0.6) is 0 Å². The second-order valence-electron chi connectivity index (χ2n) is 15.9. The van der Waals surface area contributed by atoms with E-state index < -0.39 is 0 Å². The molecule has 0 bridgehead atoms. The highest BCUT2D eigenvalue weighted by Crippen LogP contribution is 2.37. The van der Waals surface area contributed by atoms with Crippen molar-refractivity contribution in [2.24, 2.45) is 0 Å². The molecule has 0 aliphatic carbocycles. The highest BCUT2D eigenvalue weighted by molar-refractivity contribution is 6.11. The van der Waals surface area contributed by atoms with Crippen molar-refractivity contribution in [3.63, 3.8) is 0 Å². The normalized spacial score (nSPS) is 12.5. The number of pyridine rings is 2. The van der Waals surface area contributed by atoms with Gasteiger partial charge in [0.1, 0.15) is 0 Å². The Morgan fingerprint density at radius 2 is 0.796 bits per heavy atom. The fraction of sp³-hybridized carbons (Fsp3) is 0.346. The molecule has 0 aliphatic rings. The predicted molar refractivity (Wildman–Crippen MR) is 235 cm³/mol. The van der Waals surface area contributed by atoms with Crippen LogP contribution in [-0.2, 0) is 6.42 Å². The molecule has 0 amide bonds. The summed E-state index contributed by atoms with van der Waals surface area (Å²) in [4.78, 5) is 10.3. The van der Waals surface area contributed by atoms with Crippen molar-refractivity contribution < 1.29 is 0 Å². The third-order valence-corrected chi connectivity index (χ3v) is 12.1. The van der Waals surface area contributed by atoms with E-state index in [9.17, 15) is 0 Å². The van der Waals surface area contributed by atoms with Crippen LogP contribution in [0.25, 0.3) is 65.2 Å². The molecule has 0 N–H and O–H groups in total. The highest BCUT2D eigenvalue weighted by Gasteiger charge is 2.17. The molecule has 2 heteroatoms. The Morgan fingerprint density at radius 1 is 0.370 bits per heavy atom. The largest absolute Gasteiger partial charge is 0.247 e. The van der Waals surface area contributed by atoms with Gasteiger partial charge in [0.25, 0.3) is 0 Å². The van der Waals surface area contributed by atoms with Crippen LogP contribution < -0.4 is 0 Å². The molecule has 8 rings (SSSR count). The minimum absolute atomic E-state index is 0.518. The predicted octanol–water partition coefficient (Wildman–Crippen LogP) is 15.6. The molecule has 6 aromatic carbocycles. The lowest BCUT2D eigenvalue weighted by Gasteiger charge is -2.18. The number of hydrogen-bond donors (Lipinski definition) is 0. The molecule has 1 unspecified atom stereocenters. The number of nitrogens with zero attached hydrogens (tertiary/aromatic N) is 2. The maximum absolute atomic E-state index is 5.16. The Kier molecular flexibility index (Phi) is 11.8. The van der Waals surface area contributed by atoms with Crippen LogP contribution >= 0.6 is 0 Å². The van der Waals surface area contributed by atoms with E-state index in [4.69, 9.17) is 9.97 Å². The van der Waals surface area contributed by atoms with E-state index in [1.54, 1.807) is 0 Å². The molecule has 0 spiro atoms. The molecule has 0 radical (unpaired) electrons. The van der Waals surface area contributed by atoms with E-state index in [0.717, 1.165) is 28.5 Å². The van der Waals surface area contributed by atoms with Crippen LogP contribution in [0.3, 0.4) is 0 Å². The molecule has 0 fully saturated rings. The maximum atomic E-state index is 5.16. The maximum Gasteiger partial charge on any atom is 0.0790 e. The summed E-state index contributed by atoms with van der Waals surface area (Å²) in [6.45, 7) is 2.43. The molecule has 0 saturated carbocycles. The zero-order valence-corrected chi connectivity index (χ0v) is 32.3. The van der Waals surface area contributed by atoms with Crippen molar-refractivity contribution in [1.29, 1.82) is 0 Å². The van der Waals surface area contributed by atoms with Crippen molar-refractivity contribution in [3.8, 4) is 0 Å². The Hall–Kier alpha value is -4.82. The summed E-state index contributed by atoms with van der Waals surface area (Å²) in [6.07, 6.45) is 21.5. The van der Waals surface area contributed by atoms with Gasteiger partial charge in [-0.15, -0.1) is 0 Å². The summed E-state index contributed by atoms with van der Waals surface area (Å²) in [6, 6.07) is 44.0. The number of rotatable bonds is 18. The lowest BCUT2D eigenvalue weighted by Crippen LogP contribution is -1.99. The summed E-state index contributed by atoms with van der Waals surface area (Å²) in [5.41, 5.74) is 7.53. The van der Waals surface area contributed by atoms with E-state index in [1.807, 2.05) is 0 Å². The van der Waals surface area contributed by atoms with Gasteiger partial charge in [-0.25, -0.2) is 9.97 Å².